The maximum absolute atomic E-state index is 12.8. The average Bonchev–Trinajstić information content (AvgIpc) is 3.27. The van der Waals surface area contributed by atoms with Crippen molar-refractivity contribution in [3.05, 3.63) is 82.0 Å². The molecule has 2 aromatic heterocycles. The molecule has 1 amide bonds. The third-order valence-electron chi connectivity index (χ3n) is 4.35. The van der Waals surface area contributed by atoms with Gasteiger partial charge in [-0.1, -0.05) is 41.9 Å². The summed E-state index contributed by atoms with van der Waals surface area (Å²) < 4.78 is 1.96. The second kappa shape index (κ2) is 7.58. The normalized spacial score (nSPS) is 10.9. The fourth-order valence-corrected chi connectivity index (χ4v) is 3.82. The van der Waals surface area contributed by atoms with Gasteiger partial charge in [-0.3, -0.25) is 14.9 Å². The lowest BCUT2D eigenvalue weighted by atomic mass is 10.1. The first-order valence-corrected chi connectivity index (χ1v) is 9.81. The van der Waals surface area contributed by atoms with E-state index in [1.54, 1.807) is 12.4 Å². The summed E-state index contributed by atoms with van der Waals surface area (Å²) in [5.74, 6) is -1.28. The van der Waals surface area contributed by atoms with Crippen LogP contribution in [-0.2, 0) is 11.3 Å². The molecular weight excluding hydrogens is 394 g/mol. The lowest BCUT2D eigenvalue weighted by molar-refractivity contribution is -0.112. The number of aryl methyl sites for hydroxylation is 1. The third kappa shape index (κ3) is 3.69. The molecule has 0 atom stereocenters. The van der Waals surface area contributed by atoms with Crippen LogP contribution in [0.25, 0.3) is 10.9 Å². The molecule has 2 heterocycles. The molecule has 0 radical (unpaired) electrons. The van der Waals surface area contributed by atoms with Gasteiger partial charge in [-0.2, -0.15) is 0 Å². The van der Waals surface area contributed by atoms with Crippen LogP contribution in [0.15, 0.2) is 60.9 Å². The number of para-hydroxylation sites is 1. The molecular formula is C21H16ClN3O2S. The number of halogens is 1. The van der Waals surface area contributed by atoms with Gasteiger partial charge < -0.3 is 4.57 Å². The smallest absolute Gasteiger partial charge is 0.298 e. The van der Waals surface area contributed by atoms with Gasteiger partial charge in [0.15, 0.2) is 5.13 Å². The number of ketones is 1. The first-order chi connectivity index (χ1) is 13.5. The molecule has 0 aliphatic rings. The minimum Gasteiger partial charge on any atom is -0.342 e. The maximum atomic E-state index is 12.8. The number of anilines is 1. The van der Waals surface area contributed by atoms with E-state index in [1.807, 2.05) is 60.0 Å². The van der Waals surface area contributed by atoms with Crippen molar-refractivity contribution < 1.29 is 9.59 Å². The number of fused-ring (bicyclic) bond motifs is 1. The molecule has 0 fully saturated rings. The number of hydrogen-bond acceptors (Lipinski definition) is 4. The Bertz CT molecular complexity index is 1180. The number of carbonyl (C=O) groups is 2. The van der Waals surface area contributed by atoms with Crippen LogP contribution in [0.1, 0.15) is 20.8 Å². The van der Waals surface area contributed by atoms with Crippen LogP contribution < -0.4 is 5.32 Å². The number of Topliss-reactive ketones (excluding diaryl/α,β-unsaturated/α-hetero) is 1. The van der Waals surface area contributed by atoms with Gasteiger partial charge in [-0.25, -0.2) is 4.98 Å². The van der Waals surface area contributed by atoms with Crippen molar-refractivity contribution in [1.29, 1.82) is 0 Å². The first kappa shape index (κ1) is 18.4. The number of aromatic nitrogens is 2. The van der Waals surface area contributed by atoms with Gasteiger partial charge in [0.25, 0.3) is 11.7 Å². The molecule has 4 aromatic rings. The van der Waals surface area contributed by atoms with E-state index in [0.29, 0.717) is 22.3 Å². The van der Waals surface area contributed by atoms with Crippen LogP contribution in [0.5, 0.6) is 0 Å². The van der Waals surface area contributed by atoms with Crippen LogP contribution in [0.2, 0.25) is 5.02 Å². The van der Waals surface area contributed by atoms with Gasteiger partial charge in [0, 0.05) is 39.7 Å². The van der Waals surface area contributed by atoms with E-state index in [2.05, 4.69) is 10.3 Å². The molecule has 0 bridgehead atoms. The zero-order chi connectivity index (χ0) is 19.7. The molecule has 4 rings (SSSR count). The molecule has 1 N–H and O–H groups in total. The number of nitrogens with zero attached hydrogens (tertiary/aromatic N) is 2. The molecule has 0 saturated carbocycles. The van der Waals surface area contributed by atoms with Crippen molar-refractivity contribution in [1.82, 2.24) is 9.55 Å². The molecule has 28 heavy (non-hydrogen) atoms. The monoisotopic (exact) mass is 409 g/mol. The standard InChI is InChI=1S/C21H16ClN3O2S/c1-13-10-23-21(28-13)24-20(27)19(26)17-12-25(18-5-3-2-4-16(17)18)11-14-6-8-15(22)9-7-14/h2-10,12H,11H2,1H3,(H,23,24,27). The fourth-order valence-electron chi connectivity index (χ4n) is 3.03. The lowest BCUT2D eigenvalue weighted by Gasteiger charge is -2.05. The summed E-state index contributed by atoms with van der Waals surface area (Å²) in [7, 11) is 0. The van der Waals surface area contributed by atoms with E-state index in [4.69, 9.17) is 11.6 Å². The van der Waals surface area contributed by atoms with E-state index in [1.165, 1.54) is 11.3 Å². The molecule has 0 unspecified atom stereocenters. The minimum absolute atomic E-state index is 0.371. The Hall–Kier alpha value is -2.96. The molecule has 0 saturated heterocycles. The summed E-state index contributed by atoms with van der Waals surface area (Å²) in [6.07, 6.45) is 3.39. The van der Waals surface area contributed by atoms with E-state index < -0.39 is 11.7 Å². The highest BCUT2D eigenvalue weighted by Crippen LogP contribution is 2.24. The lowest BCUT2D eigenvalue weighted by Crippen LogP contribution is -2.22. The number of amides is 1. The second-order valence-corrected chi connectivity index (χ2v) is 8.04. The van der Waals surface area contributed by atoms with Crippen LogP contribution in [0.3, 0.4) is 0 Å². The Morgan fingerprint density at radius 3 is 2.61 bits per heavy atom. The van der Waals surface area contributed by atoms with Gasteiger partial charge in [-0.05, 0) is 30.7 Å². The molecule has 140 valence electrons. The Morgan fingerprint density at radius 2 is 1.89 bits per heavy atom. The van der Waals surface area contributed by atoms with Crippen molar-refractivity contribution in [3.63, 3.8) is 0 Å². The van der Waals surface area contributed by atoms with E-state index in [0.717, 1.165) is 21.3 Å². The topological polar surface area (TPSA) is 64.0 Å². The van der Waals surface area contributed by atoms with Gasteiger partial charge in [-0.15, -0.1) is 11.3 Å². The summed E-state index contributed by atoms with van der Waals surface area (Å²) >= 11 is 7.29. The minimum atomic E-state index is -0.691. The van der Waals surface area contributed by atoms with E-state index in [9.17, 15) is 9.59 Å². The van der Waals surface area contributed by atoms with E-state index in [-0.39, 0.29) is 0 Å². The first-order valence-electron chi connectivity index (χ1n) is 8.61. The van der Waals surface area contributed by atoms with Crippen molar-refractivity contribution in [2.75, 3.05) is 5.32 Å². The summed E-state index contributed by atoms with van der Waals surface area (Å²) in [6.45, 7) is 2.46. The Kier molecular flexibility index (Phi) is 4.98. The molecule has 0 aliphatic heterocycles. The SMILES string of the molecule is Cc1cnc(NC(=O)C(=O)c2cn(Cc3ccc(Cl)cc3)c3ccccc23)s1. The van der Waals surface area contributed by atoms with Crippen molar-refractivity contribution in [2.45, 2.75) is 13.5 Å². The van der Waals surface area contributed by atoms with Crippen LogP contribution in [-0.4, -0.2) is 21.2 Å². The quantitative estimate of drug-likeness (QED) is 0.375. The van der Waals surface area contributed by atoms with Crippen LogP contribution >= 0.6 is 22.9 Å². The molecule has 2 aromatic carbocycles. The maximum Gasteiger partial charge on any atom is 0.298 e. The number of hydrogen-bond donors (Lipinski definition) is 1. The Labute approximate surface area is 170 Å². The average molecular weight is 410 g/mol. The largest absolute Gasteiger partial charge is 0.342 e. The summed E-state index contributed by atoms with van der Waals surface area (Å²) in [5.41, 5.74) is 2.31. The van der Waals surface area contributed by atoms with Gasteiger partial charge in [0.2, 0.25) is 0 Å². The van der Waals surface area contributed by atoms with Gasteiger partial charge >= 0.3 is 0 Å². The third-order valence-corrected chi connectivity index (χ3v) is 5.43. The fraction of sp³-hybridized carbons (Fsp3) is 0.0952. The highest BCUT2D eigenvalue weighted by atomic mass is 35.5. The Morgan fingerprint density at radius 1 is 1.14 bits per heavy atom. The number of thiazole rings is 1. The number of carbonyl (C=O) groups excluding carboxylic acids is 2. The zero-order valence-corrected chi connectivity index (χ0v) is 16.6. The predicted molar refractivity (Wildman–Crippen MR) is 112 cm³/mol. The number of nitrogens with one attached hydrogen (secondary N) is 1. The highest BCUT2D eigenvalue weighted by molar-refractivity contribution is 7.15. The summed E-state index contributed by atoms with van der Waals surface area (Å²) in [5, 5.41) is 4.42. The second-order valence-electron chi connectivity index (χ2n) is 6.37. The highest BCUT2D eigenvalue weighted by Gasteiger charge is 2.22. The number of benzene rings is 2. The van der Waals surface area contributed by atoms with Crippen LogP contribution in [0, 0.1) is 6.92 Å². The van der Waals surface area contributed by atoms with Crippen molar-refractivity contribution in [3.8, 4) is 0 Å². The molecule has 7 heteroatoms. The van der Waals surface area contributed by atoms with E-state index >= 15 is 0 Å². The van der Waals surface area contributed by atoms with Crippen LogP contribution in [0.4, 0.5) is 5.13 Å². The molecule has 0 spiro atoms. The summed E-state index contributed by atoms with van der Waals surface area (Å²) in [4.78, 5) is 30.3. The summed E-state index contributed by atoms with van der Waals surface area (Å²) in [6, 6.07) is 15.1. The number of rotatable bonds is 5. The zero-order valence-electron chi connectivity index (χ0n) is 15.0. The van der Waals surface area contributed by atoms with Gasteiger partial charge in [0.05, 0.1) is 5.56 Å². The van der Waals surface area contributed by atoms with Crippen molar-refractivity contribution >= 4 is 50.7 Å². The van der Waals surface area contributed by atoms with Crippen molar-refractivity contribution in [2.24, 2.45) is 0 Å². The Balaban J connectivity index is 1.66. The predicted octanol–water partition coefficient (Wildman–Crippen LogP) is 4.93. The van der Waals surface area contributed by atoms with Gasteiger partial charge in [0.1, 0.15) is 0 Å². The molecule has 0 aliphatic carbocycles. The molecule has 5 nitrogen and oxygen atoms in total.